The van der Waals surface area contributed by atoms with Gasteiger partial charge in [-0.05, 0) is 61.6 Å². The first-order valence-corrected chi connectivity index (χ1v) is 7.40. The Labute approximate surface area is 122 Å². The number of nitrogens with zero attached hydrogens (tertiary/aromatic N) is 1. The second-order valence-electron chi connectivity index (χ2n) is 5.38. The second-order valence-corrected chi connectivity index (χ2v) is 5.38. The van der Waals surface area contributed by atoms with E-state index in [4.69, 9.17) is 0 Å². The van der Waals surface area contributed by atoms with E-state index in [2.05, 4.69) is 55.3 Å². The Balaban J connectivity index is 2.27. The van der Waals surface area contributed by atoms with Crippen LogP contribution in [0.15, 0.2) is 42.7 Å². The van der Waals surface area contributed by atoms with Gasteiger partial charge in [0.05, 0.1) is 0 Å². The van der Waals surface area contributed by atoms with Gasteiger partial charge in [0.15, 0.2) is 0 Å². The summed E-state index contributed by atoms with van der Waals surface area (Å²) in [5.41, 5.74) is 5.44. The molecule has 1 N–H and O–H groups in total. The topological polar surface area (TPSA) is 24.9 Å². The third-order valence-corrected chi connectivity index (χ3v) is 3.69. The summed E-state index contributed by atoms with van der Waals surface area (Å²) in [5.74, 6) is 0. The van der Waals surface area contributed by atoms with Gasteiger partial charge in [0, 0.05) is 18.4 Å². The van der Waals surface area contributed by atoms with E-state index < -0.39 is 0 Å². The Kier molecular flexibility index (Phi) is 5.31. The van der Waals surface area contributed by atoms with Gasteiger partial charge in [-0.3, -0.25) is 4.98 Å². The molecule has 0 aliphatic heterocycles. The van der Waals surface area contributed by atoms with Crippen LogP contribution in [0.5, 0.6) is 0 Å². The molecule has 0 amide bonds. The third kappa shape index (κ3) is 3.67. The number of hydrogen-bond acceptors (Lipinski definition) is 2. The molecule has 0 aliphatic rings. The normalized spacial score (nSPS) is 12.3. The number of benzene rings is 1. The molecule has 1 heterocycles. The lowest BCUT2D eigenvalue weighted by molar-refractivity contribution is 0.524. The lowest BCUT2D eigenvalue weighted by atomic mass is 9.92. The van der Waals surface area contributed by atoms with Gasteiger partial charge >= 0.3 is 0 Å². The van der Waals surface area contributed by atoms with E-state index in [0.29, 0.717) is 6.04 Å². The van der Waals surface area contributed by atoms with Crippen LogP contribution in [0.3, 0.4) is 0 Å². The smallest absolute Gasteiger partial charge is 0.0366 e. The van der Waals surface area contributed by atoms with Gasteiger partial charge in [0.25, 0.3) is 0 Å². The lowest BCUT2D eigenvalue weighted by Crippen LogP contribution is -2.25. The first-order chi connectivity index (χ1) is 9.72. The molecular formula is C18H24N2. The summed E-state index contributed by atoms with van der Waals surface area (Å²) in [4.78, 5) is 4.23. The van der Waals surface area contributed by atoms with Crippen LogP contribution in [0.1, 0.15) is 41.6 Å². The summed E-state index contributed by atoms with van der Waals surface area (Å²) >= 11 is 0. The Hall–Kier alpha value is -1.67. The number of rotatable bonds is 6. The molecule has 2 rings (SSSR count). The first-order valence-electron chi connectivity index (χ1n) is 7.40. The molecule has 1 aromatic heterocycles. The molecule has 106 valence electrons. The molecule has 1 atom stereocenters. The van der Waals surface area contributed by atoms with E-state index in [0.717, 1.165) is 19.4 Å². The maximum Gasteiger partial charge on any atom is 0.0366 e. The zero-order chi connectivity index (χ0) is 14.4. The van der Waals surface area contributed by atoms with Crippen molar-refractivity contribution in [2.75, 3.05) is 6.54 Å². The van der Waals surface area contributed by atoms with Crippen molar-refractivity contribution in [1.29, 1.82) is 0 Å². The van der Waals surface area contributed by atoms with E-state index in [-0.39, 0.29) is 0 Å². The molecular weight excluding hydrogens is 244 g/mol. The monoisotopic (exact) mass is 268 g/mol. The van der Waals surface area contributed by atoms with Gasteiger partial charge in [-0.2, -0.15) is 0 Å². The first kappa shape index (κ1) is 14.7. The van der Waals surface area contributed by atoms with Crippen molar-refractivity contribution in [2.45, 2.75) is 39.7 Å². The minimum absolute atomic E-state index is 0.361. The number of hydrogen-bond donors (Lipinski definition) is 1. The van der Waals surface area contributed by atoms with Crippen LogP contribution >= 0.6 is 0 Å². The van der Waals surface area contributed by atoms with Gasteiger partial charge in [0.1, 0.15) is 0 Å². The molecule has 0 aliphatic carbocycles. The van der Waals surface area contributed by atoms with Gasteiger partial charge < -0.3 is 5.32 Å². The highest BCUT2D eigenvalue weighted by atomic mass is 14.9. The molecule has 0 spiro atoms. The average molecular weight is 268 g/mol. The van der Waals surface area contributed by atoms with Gasteiger partial charge in [-0.1, -0.05) is 31.2 Å². The molecule has 2 nitrogen and oxygen atoms in total. The molecule has 1 unspecified atom stereocenters. The quantitative estimate of drug-likeness (QED) is 0.857. The fraction of sp³-hybridized carbons (Fsp3) is 0.389. The SMILES string of the molecule is CCCNC(Cc1cccnc1)c1c(C)cccc1C. The van der Waals surface area contributed by atoms with E-state index >= 15 is 0 Å². The standard InChI is InChI=1S/C18H24N2/c1-4-10-20-17(12-16-9-6-11-19-13-16)18-14(2)7-5-8-15(18)3/h5-9,11,13,17,20H,4,10,12H2,1-3H3. The average Bonchev–Trinajstić information content (AvgIpc) is 2.45. The predicted molar refractivity (Wildman–Crippen MR) is 84.9 cm³/mol. The van der Waals surface area contributed by atoms with Crippen molar-refractivity contribution in [1.82, 2.24) is 10.3 Å². The minimum atomic E-state index is 0.361. The van der Waals surface area contributed by atoms with Crippen LogP contribution in [-0.2, 0) is 6.42 Å². The molecule has 0 bridgehead atoms. The highest BCUT2D eigenvalue weighted by Crippen LogP contribution is 2.25. The summed E-state index contributed by atoms with van der Waals surface area (Å²) in [5, 5.41) is 3.69. The van der Waals surface area contributed by atoms with Gasteiger partial charge in [-0.15, -0.1) is 0 Å². The van der Waals surface area contributed by atoms with Crippen LogP contribution in [0, 0.1) is 13.8 Å². The Morgan fingerprint density at radius 3 is 2.45 bits per heavy atom. The van der Waals surface area contributed by atoms with Crippen molar-refractivity contribution in [3.05, 3.63) is 65.0 Å². The summed E-state index contributed by atoms with van der Waals surface area (Å²) < 4.78 is 0. The Bertz CT molecular complexity index is 514. The molecule has 20 heavy (non-hydrogen) atoms. The van der Waals surface area contributed by atoms with E-state index in [1.165, 1.54) is 22.3 Å². The number of aryl methyl sites for hydroxylation is 2. The minimum Gasteiger partial charge on any atom is -0.310 e. The Morgan fingerprint density at radius 1 is 1.10 bits per heavy atom. The Morgan fingerprint density at radius 2 is 1.85 bits per heavy atom. The fourth-order valence-corrected chi connectivity index (χ4v) is 2.73. The van der Waals surface area contributed by atoms with E-state index in [1.54, 1.807) is 0 Å². The number of nitrogens with one attached hydrogen (secondary N) is 1. The van der Waals surface area contributed by atoms with Crippen molar-refractivity contribution < 1.29 is 0 Å². The number of aromatic nitrogens is 1. The maximum absolute atomic E-state index is 4.23. The van der Waals surface area contributed by atoms with Crippen LogP contribution < -0.4 is 5.32 Å². The zero-order valence-electron chi connectivity index (χ0n) is 12.7. The molecule has 0 radical (unpaired) electrons. The van der Waals surface area contributed by atoms with Crippen LogP contribution in [0.4, 0.5) is 0 Å². The van der Waals surface area contributed by atoms with Crippen molar-refractivity contribution in [2.24, 2.45) is 0 Å². The largest absolute Gasteiger partial charge is 0.310 e. The highest BCUT2D eigenvalue weighted by Gasteiger charge is 2.15. The predicted octanol–water partition coefficient (Wildman–Crippen LogP) is 3.98. The molecule has 0 saturated heterocycles. The van der Waals surface area contributed by atoms with Crippen molar-refractivity contribution in [3.8, 4) is 0 Å². The van der Waals surface area contributed by atoms with Gasteiger partial charge in [-0.25, -0.2) is 0 Å². The van der Waals surface area contributed by atoms with Crippen LogP contribution in [-0.4, -0.2) is 11.5 Å². The zero-order valence-corrected chi connectivity index (χ0v) is 12.7. The fourth-order valence-electron chi connectivity index (χ4n) is 2.73. The molecule has 2 aromatic rings. The third-order valence-electron chi connectivity index (χ3n) is 3.69. The van der Waals surface area contributed by atoms with Crippen molar-refractivity contribution >= 4 is 0 Å². The van der Waals surface area contributed by atoms with E-state index in [1.807, 2.05) is 18.5 Å². The molecule has 0 fully saturated rings. The lowest BCUT2D eigenvalue weighted by Gasteiger charge is -2.23. The summed E-state index contributed by atoms with van der Waals surface area (Å²) in [6.45, 7) is 7.65. The van der Waals surface area contributed by atoms with Crippen LogP contribution in [0.2, 0.25) is 0 Å². The second kappa shape index (κ2) is 7.20. The van der Waals surface area contributed by atoms with E-state index in [9.17, 15) is 0 Å². The molecule has 0 saturated carbocycles. The summed E-state index contributed by atoms with van der Waals surface area (Å²) in [6, 6.07) is 11.1. The molecule has 2 heteroatoms. The van der Waals surface area contributed by atoms with Gasteiger partial charge in [0.2, 0.25) is 0 Å². The summed E-state index contributed by atoms with van der Waals surface area (Å²) in [7, 11) is 0. The van der Waals surface area contributed by atoms with Crippen LogP contribution in [0.25, 0.3) is 0 Å². The molecule has 1 aromatic carbocycles. The van der Waals surface area contributed by atoms with Crippen molar-refractivity contribution in [3.63, 3.8) is 0 Å². The highest BCUT2D eigenvalue weighted by molar-refractivity contribution is 5.37. The maximum atomic E-state index is 4.23. The summed E-state index contributed by atoms with van der Waals surface area (Å²) in [6.07, 6.45) is 5.93. The number of pyridine rings is 1.